The highest BCUT2D eigenvalue weighted by molar-refractivity contribution is 7.81. The van der Waals surface area contributed by atoms with Crippen LogP contribution in [0.1, 0.15) is 102 Å². The number of phenols is 1. The van der Waals surface area contributed by atoms with Gasteiger partial charge in [0.2, 0.25) is 82.7 Å². The van der Waals surface area contributed by atoms with Gasteiger partial charge < -0.3 is 112 Å². The lowest BCUT2D eigenvalue weighted by atomic mass is 9.99. The van der Waals surface area contributed by atoms with Crippen molar-refractivity contribution in [1.82, 2.24) is 78.7 Å². The number of aliphatic carboxylic acids is 1. The number of aromatic amines is 1. The minimum Gasteiger partial charge on any atom is -0.508 e. The average molecular weight is 1650 g/mol. The number of nitrogens with two attached hydrogens (primary N) is 4. The van der Waals surface area contributed by atoms with E-state index in [0.29, 0.717) is 28.8 Å². The van der Waals surface area contributed by atoms with E-state index in [1.807, 2.05) is 0 Å². The van der Waals surface area contributed by atoms with E-state index in [4.69, 9.17) is 34.5 Å². The fraction of sp³-hybridized carbons (Fsp3) is 0.493. The van der Waals surface area contributed by atoms with Crippen molar-refractivity contribution in [3.8, 4) is 5.75 Å². The lowest BCUT2D eigenvalue weighted by Crippen LogP contribution is -2.64. The Kier molecular flexibility index (Phi) is 37.9. The van der Waals surface area contributed by atoms with E-state index in [1.165, 1.54) is 61.6 Å². The van der Waals surface area contributed by atoms with Gasteiger partial charge in [0.1, 0.15) is 66.2 Å². The number of carbonyl (C=O) groups excluding carboxylic acids is 14. The number of rotatable bonds is 46. The van der Waals surface area contributed by atoms with E-state index < -0.39 is 186 Å². The molecule has 1 fully saturated rings. The first-order valence-electron chi connectivity index (χ1n) is 36.5. The number of imidazole rings is 1. The zero-order valence-electron chi connectivity index (χ0n) is 63.6. The zero-order chi connectivity index (χ0) is 84.5. The number of phenolic OH excluding ortho intramolecular Hbond substituents is 1. The van der Waals surface area contributed by atoms with Gasteiger partial charge in [-0.2, -0.15) is 25.3 Å². The van der Waals surface area contributed by atoms with Crippen molar-refractivity contribution in [3.05, 3.63) is 119 Å². The summed E-state index contributed by atoms with van der Waals surface area (Å²) >= 11 is 15.1. The molecule has 0 saturated carbocycles. The molecule has 1 aliphatic heterocycles. The van der Waals surface area contributed by atoms with E-state index in [0.717, 1.165) is 6.92 Å². The van der Waals surface area contributed by atoms with Gasteiger partial charge in [-0.15, -0.1) is 0 Å². The normalized spacial score (nSPS) is 15.4. The maximum Gasteiger partial charge on any atom is 0.327 e. The van der Waals surface area contributed by atoms with Gasteiger partial charge in [0.05, 0.1) is 38.1 Å². The molecule has 0 unspecified atom stereocenters. The quantitative estimate of drug-likeness (QED) is 0.00859. The summed E-state index contributed by atoms with van der Waals surface area (Å²) in [7, 11) is 0. The van der Waals surface area contributed by atoms with E-state index in [1.54, 1.807) is 62.4 Å². The number of guanidine groups is 1. The van der Waals surface area contributed by atoms with Crippen molar-refractivity contribution in [2.45, 2.75) is 183 Å². The van der Waals surface area contributed by atoms with Gasteiger partial charge in [0, 0.05) is 72.6 Å². The van der Waals surface area contributed by atoms with Gasteiger partial charge in [-0.1, -0.05) is 86.1 Å². The highest BCUT2D eigenvalue weighted by Gasteiger charge is 2.42. The van der Waals surface area contributed by atoms with Crippen LogP contribution in [0.5, 0.6) is 5.75 Å². The summed E-state index contributed by atoms with van der Waals surface area (Å²) in [5.74, 6) is -14.6. The summed E-state index contributed by atoms with van der Waals surface area (Å²) in [5, 5.41) is 60.7. The monoisotopic (exact) mass is 1650 g/mol. The third-order valence-corrected chi connectivity index (χ3v) is 18.8. The molecule has 4 aromatic rings. The number of aromatic hydroxyl groups is 1. The van der Waals surface area contributed by atoms with Crippen LogP contribution in [0.4, 0.5) is 0 Å². The molecule has 0 bridgehead atoms. The molecule has 5 rings (SSSR count). The van der Waals surface area contributed by atoms with Crippen LogP contribution in [0, 0.1) is 5.92 Å². The number of thiol groups is 2. The second-order valence-corrected chi connectivity index (χ2v) is 30.0. The van der Waals surface area contributed by atoms with Gasteiger partial charge in [-0.3, -0.25) is 72.1 Å². The van der Waals surface area contributed by atoms with Crippen molar-refractivity contribution in [1.29, 1.82) is 0 Å². The number of hydrogen-bond acceptors (Lipinski definition) is 22. The molecule has 12 atom stereocenters. The number of aliphatic hydroxyl groups is 1. The minimum absolute atomic E-state index is 0.0278. The van der Waals surface area contributed by atoms with E-state index >= 15 is 0 Å². The molecule has 1 aliphatic rings. The summed E-state index contributed by atoms with van der Waals surface area (Å²) in [4.78, 5) is 217. The molecule has 41 heteroatoms. The van der Waals surface area contributed by atoms with Crippen molar-refractivity contribution in [3.63, 3.8) is 0 Å². The Balaban J connectivity index is 1.26. The predicted octanol–water partition coefficient (Wildman–Crippen LogP) is -4.46. The van der Waals surface area contributed by atoms with Crippen LogP contribution in [-0.2, 0) is 97.6 Å². The molecule has 114 heavy (non-hydrogen) atoms. The fourth-order valence-corrected chi connectivity index (χ4v) is 12.4. The zero-order valence-corrected chi connectivity index (χ0v) is 66.1. The molecule has 0 spiro atoms. The number of nitrogens with zero attached hydrogens (tertiary/aromatic N) is 3. The van der Waals surface area contributed by atoms with Crippen LogP contribution in [0.2, 0.25) is 5.02 Å². The molecule has 3 aromatic carbocycles. The van der Waals surface area contributed by atoms with E-state index in [2.05, 4.69) is 104 Å². The first-order chi connectivity index (χ1) is 53.8. The number of nitrogens with one attached hydrogen (secondary N) is 13. The second kappa shape index (κ2) is 46.2. The highest BCUT2D eigenvalue weighted by atomic mass is 35.5. The van der Waals surface area contributed by atoms with Crippen molar-refractivity contribution in [2.24, 2.45) is 33.8 Å². The lowest BCUT2D eigenvalue weighted by Gasteiger charge is -2.33. The molecule has 2 heterocycles. The number of benzene rings is 3. The summed E-state index contributed by atoms with van der Waals surface area (Å²) in [6, 6.07) is 4.72. The maximum atomic E-state index is 14.5. The summed E-state index contributed by atoms with van der Waals surface area (Å²) in [6.45, 7) is 5.26. The van der Waals surface area contributed by atoms with Crippen molar-refractivity contribution < 1.29 is 87.2 Å². The number of aliphatic hydroxyl groups excluding tert-OH is 1. The Hall–Kier alpha value is -11.1. The molecule has 14 amide bonds. The van der Waals surface area contributed by atoms with Gasteiger partial charge >= 0.3 is 5.97 Å². The van der Waals surface area contributed by atoms with Crippen molar-refractivity contribution in [2.75, 3.05) is 38.5 Å². The molecular weight excluding hydrogens is 1540 g/mol. The van der Waals surface area contributed by atoms with E-state index in [9.17, 15) is 87.2 Å². The van der Waals surface area contributed by atoms with Gasteiger partial charge in [-0.05, 0) is 100 Å². The Morgan fingerprint density at radius 3 is 1.77 bits per heavy atom. The van der Waals surface area contributed by atoms with E-state index in [-0.39, 0.29) is 106 Å². The molecule has 622 valence electrons. The standard InChI is InChI=1S/C73H103ClN20O18S2/c1-38(2)27-48(64(104)90-52(29-41-19-21-44(96)22-20-41)70(110)94-26-12-18-54(94)67(107)91-53(36-113)71(111)112)85-57(99)34-81-56(98)33-82-62(102)50(30-42-15-9-10-16-45(42)74)89-65(105)51(31-43-32-79-37-84-43)86-58(100)35-83-68(108)59(39(3)95)92-69(109)60(73(4,5)114)93-66(106)49(28-40-13-7-6-8-14-40)88-63(103)47(17-11-25-80-72(77)78)87-61(101)46(75)23-24-55(76)97/h6-10,13-16,19-22,32,37-39,46-54,59-60,95-96,113-114H,11-12,17-18,23-31,33-36,75H2,1-5H3,(H2,76,97)(H,79,84)(H,81,98)(H,82,102)(H,83,108)(H,85,99)(H,86,100)(H,87,101)(H,88,103)(H,89,105)(H,90,104)(H,91,107)(H,92,109)(H,93,106)(H,111,112)(H4,77,78,80)/t39-,46+,47+,48+,49+,50+,51+,52+,53+,54+,59+,60-/m1/s1. The first-order valence-corrected chi connectivity index (χ1v) is 38.0. The number of halogens is 1. The Morgan fingerprint density at radius 2 is 1.18 bits per heavy atom. The SMILES string of the molecule is CC(C)C[C@H](NC(=O)CNC(=O)CNC(=O)[C@H](Cc1ccccc1Cl)NC(=O)[C@H](Cc1cnc[nH]1)NC(=O)CNC(=O)[C@@H](NC(=O)[C@@H](NC(=O)[C@H](Cc1ccccc1)NC(=O)[C@H](CCCN=C(N)N)NC(=O)[C@@H](N)CCC(N)=O)C(C)(C)S)[C@@H](C)O)C(=O)N[C@@H](Cc1ccc(O)cc1)C(=O)N1CCC[C@H]1C(=O)N[C@@H](CS)C(=O)O. The van der Waals surface area contributed by atoms with Crippen LogP contribution in [0.25, 0.3) is 0 Å². The number of primary amides is 1. The Labute approximate surface area is 673 Å². The molecule has 38 nitrogen and oxygen atoms in total. The third-order valence-electron chi connectivity index (χ3n) is 17.8. The summed E-state index contributed by atoms with van der Waals surface area (Å²) in [6.07, 6.45) is 0.311. The molecule has 0 aliphatic carbocycles. The number of H-pyrrole nitrogens is 1. The number of amides is 14. The van der Waals surface area contributed by atoms with Crippen LogP contribution in [-0.4, -0.2) is 241 Å². The summed E-state index contributed by atoms with van der Waals surface area (Å²) in [5.41, 5.74) is 23.9. The number of hydrogen-bond donors (Lipinski definition) is 22. The van der Waals surface area contributed by atoms with Crippen LogP contribution in [0.15, 0.2) is 96.4 Å². The van der Waals surface area contributed by atoms with Gasteiger partial charge in [0.25, 0.3) is 0 Å². The lowest BCUT2D eigenvalue weighted by molar-refractivity contribution is -0.144. The minimum atomic E-state index is -1.84. The first kappa shape index (κ1) is 93.5. The predicted molar refractivity (Wildman–Crippen MR) is 423 cm³/mol. The average Bonchev–Trinajstić information content (AvgIpc) is 1.59. The molecule has 1 saturated heterocycles. The van der Waals surface area contributed by atoms with Crippen LogP contribution < -0.4 is 86.7 Å². The smallest absolute Gasteiger partial charge is 0.327 e. The van der Waals surface area contributed by atoms with Crippen molar-refractivity contribution >= 4 is 131 Å². The largest absolute Gasteiger partial charge is 0.508 e. The topological polar surface area (TPSA) is 609 Å². The molecular formula is C73H103ClN20O18S2. The number of aliphatic imine (C=N–C) groups is 1. The maximum absolute atomic E-state index is 14.5. The molecule has 0 radical (unpaired) electrons. The van der Waals surface area contributed by atoms with Crippen LogP contribution >= 0.6 is 36.9 Å². The second-order valence-electron chi connectivity index (χ2n) is 28.1. The fourth-order valence-electron chi connectivity index (χ4n) is 11.7. The Bertz CT molecular complexity index is 4020. The number of likely N-dealkylation sites (tertiary alicyclic amines) is 1. The highest BCUT2D eigenvalue weighted by Crippen LogP contribution is 2.24. The number of aromatic nitrogens is 2. The van der Waals surface area contributed by atoms with Crippen LogP contribution in [0.3, 0.4) is 0 Å². The number of carboxylic acids is 1. The molecule has 24 N–H and O–H groups in total. The third kappa shape index (κ3) is 31.8. The Morgan fingerprint density at radius 1 is 0.623 bits per heavy atom. The van der Waals surface area contributed by atoms with Gasteiger partial charge in [0.15, 0.2) is 5.96 Å². The van der Waals surface area contributed by atoms with Gasteiger partial charge in [-0.25, -0.2) is 9.78 Å². The number of carboxylic acid groups (broad SMARTS) is 1. The summed E-state index contributed by atoms with van der Waals surface area (Å²) < 4.78 is -1.47. The molecule has 1 aromatic heterocycles. The number of carbonyl (C=O) groups is 15.